The molecule has 5 rings (SSSR count). The zero-order chi connectivity index (χ0) is 35.1. The monoisotopic (exact) mass is 682 g/mol. The number of aromatic amines is 1. The Balaban J connectivity index is 0.000000970. The molecule has 1 saturated carbocycles. The molecule has 3 aromatic rings. The predicted octanol–water partition coefficient (Wildman–Crippen LogP) is 7.59. The highest BCUT2D eigenvalue weighted by Gasteiger charge is 2.37. The molecule has 1 aliphatic carbocycles. The standard InChI is InChI=1S/C31H42ClN7O3.C3H7N.C2H6/c1-5-33-15-21(3)42-29-14-22(7-13-27(29)32)23-16-34-31(35-17-23)36-28-18-38(37-30(28)40)24-9-11-25(12-10-24)39-20(2)6-8-26(39)19-41-4;1-2-3-4;1-2/h5,7,13-14,16-18,20-21,24-26,33H,1,6,8-12,15,19H2,2-4H3,(H,37,40)(H,34,35,36);3-4H,2H2,1H3;1-2H3/t20?,21-,24?,25?,26?;;/m0../s1. The van der Waals surface area contributed by atoms with Crippen molar-refractivity contribution < 1.29 is 9.47 Å². The largest absolute Gasteiger partial charge is 0.487 e. The Labute approximate surface area is 291 Å². The Morgan fingerprint density at radius 2 is 1.79 bits per heavy atom. The van der Waals surface area contributed by atoms with E-state index in [4.69, 9.17) is 26.5 Å². The summed E-state index contributed by atoms with van der Waals surface area (Å²) in [6.07, 6.45) is 15.8. The van der Waals surface area contributed by atoms with Gasteiger partial charge in [0.15, 0.2) is 0 Å². The summed E-state index contributed by atoms with van der Waals surface area (Å²) < 4.78 is 13.4. The van der Waals surface area contributed by atoms with Crippen LogP contribution >= 0.6 is 11.6 Å². The maximum absolute atomic E-state index is 12.8. The Morgan fingerprint density at radius 3 is 2.42 bits per heavy atom. The fourth-order valence-corrected chi connectivity index (χ4v) is 6.54. The van der Waals surface area contributed by atoms with E-state index in [1.807, 2.05) is 50.7 Å². The van der Waals surface area contributed by atoms with Crippen LogP contribution in [0.1, 0.15) is 85.6 Å². The number of methoxy groups -OCH3 is 1. The van der Waals surface area contributed by atoms with E-state index < -0.39 is 0 Å². The molecule has 0 bridgehead atoms. The lowest BCUT2D eigenvalue weighted by Gasteiger charge is -2.40. The number of aromatic nitrogens is 4. The number of hydrogen-bond donors (Lipinski definition) is 4. The van der Waals surface area contributed by atoms with Gasteiger partial charge in [-0.1, -0.05) is 45.0 Å². The van der Waals surface area contributed by atoms with Gasteiger partial charge in [-0.3, -0.25) is 19.5 Å². The highest BCUT2D eigenvalue weighted by Crippen LogP contribution is 2.37. The molecule has 0 spiro atoms. The van der Waals surface area contributed by atoms with Gasteiger partial charge in [0.1, 0.15) is 17.5 Å². The highest BCUT2D eigenvalue weighted by molar-refractivity contribution is 6.32. The van der Waals surface area contributed by atoms with Gasteiger partial charge in [0.25, 0.3) is 5.56 Å². The minimum absolute atomic E-state index is 0.0963. The van der Waals surface area contributed by atoms with E-state index in [1.165, 1.54) is 19.1 Å². The second kappa shape index (κ2) is 20.0. The van der Waals surface area contributed by atoms with Crippen molar-refractivity contribution in [3.05, 3.63) is 64.9 Å². The summed E-state index contributed by atoms with van der Waals surface area (Å²) >= 11 is 6.36. The fourth-order valence-electron chi connectivity index (χ4n) is 6.38. The lowest BCUT2D eigenvalue weighted by Crippen LogP contribution is -2.46. The van der Waals surface area contributed by atoms with E-state index in [-0.39, 0.29) is 17.7 Å². The van der Waals surface area contributed by atoms with Crippen LogP contribution in [0.15, 0.2) is 54.4 Å². The highest BCUT2D eigenvalue weighted by atomic mass is 35.5. The van der Waals surface area contributed by atoms with Crippen molar-refractivity contribution in [3.63, 3.8) is 0 Å². The molecule has 0 amide bonds. The van der Waals surface area contributed by atoms with Crippen molar-refractivity contribution in [2.45, 2.75) is 110 Å². The van der Waals surface area contributed by atoms with Crippen LogP contribution in [0.2, 0.25) is 5.02 Å². The molecule has 1 saturated heterocycles. The first kappa shape index (κ1) is 38.8. The third-order valence-corrected chi connectivity index (χ3v) is 8.99. The van der Waals surface area contributed by atoms with Crippen molar-refractivity contribution in [1.29, 1.82) is 5.41 Å². The zero-order valence-electron chi connectivity index (χ0n) is 29.5. The number of H-pyrrole nitrogens is 1. The lowest BCUT2D eigenvalue weighted by molar-refractivity contribution is 0.0473. The van der Waals surface area contributed by atoms with Crippen molar-refractivity contribution in [1.82, 2.24) is 30.0 Å². The minimum atomic E-state index is -0.183. The molecule has 11 nitrogen and oxygen atoms in total. The Hall–Kier alpha value is -3.67. The van der Waals surface area contributed by atoms with Gasteiger partial charge in [-0.25, -0.2) is 9.97 Å². The predicted molar refractivity (Wildman–Crippen MR) is 197 cm³/mol. The summed E-state index contributed by atoms with van der Waals surface area (Å²) in [5.74, 6) is 0.939. The molecule has 2 unspecified atom stereocenters. The third-order valence-electron chi connectivity index (χ3n) is 8.68. The van der Waals surface area contributed by atoms with E-state index in [2.05, 4.69) is 44.1 Å². The first-order valence-corrected chi connectivity index (χ1v) is 17.6. The molecule has 3 heterocycles. The summed E-state index contributed by atoms with van der Waals surface area (Å²) in [5, 5.41) is 16.0. The third kappa shape index (κ3) is 10.7. The summed E-state index contributed by atoms with van der Waals surface area (Å²) in [7, 11) is 1.79. The SMILES string of the molecule is C=CNC[C@H](C)Oc1cc(-c2cnc(Nc3cn(C4CCC(N5C(C)CCC5COC)CC4)[nH]c3=O)nc2)ccc1Cl.CC.CCC=N. The molecule has 2 aromatic heterocycles. The van der Waals surface area contributed by atoms with Crippen LogP contribution < -0.4 is 20.9 Å². The van der Waals surface area contributed by atoms with Crippen molar-refractivity contribution >= 4 is 29.5 Å². The average Bonchev–Trinajstić information content (AvgIpc) is 3.67. The van der Waals surface area contributed by atoms with Crippen molar-refractivity contribution in [2.24, 2.45) is 0 Å². The van der Waals surface area contributed by atoms with Crippen LogP contribution in [-0.2, 0) is 4.74 Å². The van der Waals surface area contributed by atoms with Crippen LogP contribution in [0.25, 0.3) is 11.1 Å². The number of rotatable bonds is 13. The van der Waals surface area contributed by atoms with Gasteiger partial charge in [0.2, 0.25) is 5.95 Å². The van der Waals surface area contributed by atoms with Gasteiger partial charge >= 0.3 is 0 Å². The summed E-state index contributed by atoms with van der Waals surface area (Å²) in [5.41, 5.74) is 1.93. The maximum atomic E-state index is 12.8. The molecule has 3 atom stereocenters. The molecule has 48 heavy (non-hydrogen) atoms. The average molecular weight is 683 g/mol. The summed E-state index contributed by atoms with van der Waals surface area (Å²) in [4.78, 5) is 24.4. The summed E-state index contributed by atoms with van der Waals surface area (Å²) in [6, 6.07) is 7.53. The maximum Gasteiger partial charge on any atom is 0.287 e. The molecule has 264 valence electrons. The second-order valence-electron chi connectivity index (χ2n) is 12.1. The second-order valence-corrected chi connectivity index (χ2v) is 12.5. The Kier molecular flexibility index (Phi) is 16.1. The van der Waals surface area contributed by atoms with Gasteiger partial charge in [-0.2, -0.15) is 0 Å². The van der Waals surface area contributed by atoms with E-state index in [9.17, 15) is 4.79 Å². The first-order valence-electron chi connectivity index (χ1n) is 17.2. The summed E-state index contributed by atoms with van der Waals surface area (Å²) in [6.45, 7) is 15.3. The molecular weight excluding hydrogens is 628 g/mol. The molecular formula is C36H55ClN8O3. The smallest absolute Gasteiger partial charge is 0.287 e. The van der Waals surface area contributed by atoms with E-state index in [0.29, 0.717) is 47.1 Å². The van der Waals surface area contributed by atoms with E-state index in [0.717, 1.165) is 49.8 Å². The number of likely N-dealkylation sites (tertiary alicyclic amines) is 1. The Morgan fingerprint density at radius 1 is 1.12 bits per heavy atom. The van der Waals surface area contributed by atoms with Crippen molar-refractivity contribution in [2.75, 3.05) is 25.6 Å². The topological polar surface area (TPSA) is 133 Å². The Bertz CT molecular complexity index is 1450. The zero-order valence-corrected chi connectivity index (χ0v) is 30.2. The van der Waals surface area contributed by atoms with Gasteiger partial charge in [-0.15, -0.1) is 0 Å². The molecule has 0 radical (unpaired) electrons. The van der Waals surface area contributed by atoms with Gasteiger partial charge < -0.3 is 25.5 Å². The number of hydrogen-bond acceptors (Lipinski definition) is 9. The number of halogens is 1. The number of nitrogens with zero attached hydrogens (tertiary/aromatic N) is 4. The van der Waals surface area contributed by atoms with E-state index in [1.54, 1.807) is 31.8 Å². The van der Waals surface area contributed by atoms with Crippen molar-refractivity contribution in [3.8, 4) is 16.9 Å². The molecule has 12 heteroatoms. The van der Waals surface area contributed by atoms with Gasteiger partial charge in [0, 0.05) is 43.2 Å². The first-order chi connectivity index (χ1) is 23.3. The minimum Gasteiger partial charge on any atom is -0.487 e. The van der Waals surface area contributed by atoms with Crippen LogP contribution in [0.5, 0.6) is 5.75 Å². The van der Waals surface area contributed by atoms with Crippen LogP contribution in [-0.4, -0.2) is 75.4 Å². The number of nitrogens with one attached hydrogen (secondary N) is 4. The lowest BCUT2D eigenvalue weighted by atomic mass is 9.89. The van der Waals surface area contributed by atoms with Gasteiger partial charge in [0.05, 0.1) is 30.4 Å². The molecule has 1 aliphatic heterocycles. The molecule has 1 aromatic carbocycles. The van der Waals surface area contributed by atoms with Crippen LogP contribution in [0.4, 0.5) is 11.6 Å². The normalized spacial score (nSPS) is 21.1. The molecule has 2 aliphatic rings. The van der Waals surface area contributed by atoms with E-state index >= 15 is 0 Å². The van der Waals surface area contributed by atoms with Crippen LogP contribution in [0.3, 0.4) is 0 Å². The van der Waals surface area contributed by atoms with Crippen LogP contribution in [0, 0.1) is 5.41 Å². The number of anilines is 2. The fraction of sp³-hybridized carbons (Fsp3) is 0.556. The number of ether oxygens (including phenoxy) is 2. The number of benzene rings is 1. The molecule has 4 N–H and O–H groups in total. The van der Waals surface area contributed by atoms with Gasteiger partial charge in [-0.05, 0) is 88.9 Å². The quantitative estimate of drug-likeness (QED) is 0.136. The molecule has 2 fully saturated rings.